The lowest BCUT2D eigenvalue weighted by Crippen LogP contribution is -2.49. The van der Waals surface area contributed by atoms with Gasteiger partial charge in [-0.3, -0.25) is 9.69 Å². The van der Waals surface area contributed by atoms with E-state index in [2.05, 4.69) is 22.9 Å². The van der Waals surface area contributed by atoms with E-state index in [9.17, 15) is 4.79 Å². The van der Waals surface area contributed by atoms with Crippen molar-refractivity contribution in [3.05, 3.63) is 53.1 Å². The number of imidazole rings is 1. The quantitative estimate of drug-likeness (QED) is 0.867. The normalized spacial score (nSPS) is 17.3. The molecule has 5 nitrogen and oxygen atoms in total. The van der Waals surface area contributed by atoms with Gasteiger partial charge in [0.1, 0.15) is 0 Å². The van der Waals surface area contributed by atoms with Crippen LogP contribution in [0.15, 0.2) is 36.7 Å². The van der Waals surface area contributed by atoms with Crippen LogP contribution >= 0.6 is 11.6 Å². The molecule has 2 heterocycles. The van der Waals surface area contributed by atoms with Gasteiger partial charge in [0.05, 0.1) is 0 Å². The zero-order chi connectivity index (χ0) is 16.4. The van der Waals surface area contributed by atoms with Crippen LogP contribution in [0.3, 0.4) is 0 Å². The van der Waals surface area contributed by atoms with Crippen molar-refractivity contribution >= 4 is 17.5 Å². The predicted octanol–water partition coefficient (Wildman–Crippen LogP) is 2.59. The Morgan fingerprint density at radius 1 is 1.22 bits per heavy atom. The molecule has 0 bridgehead atoms. The first kappa shape index (κ1) is 16.0. The SMILES string of the molecule is C[C@@H](c1ccccc1Cl)N1CCN(C(=O)c2nccn2C)CC1. The van der Waals surface area contributed by atoms with Crippen molar-refractivity contribution in [1.82, 2.24) is 19.4 Å². The number of benzene rings is 1. The number of halogens is 1. The maximum Gasteiger partial charge on any atom is 0.289 e. The maximum absolute atomic E-state index is 12.5. The molecule has 1 amide bonds. The van der Waals surface area contributed by atoms with Gasteiger partial charge in [0, 0.05) is 56.7 Å². The molecule has 1 saturated heterocycles. The molecule has 1 fully saturated rings. The van der Waals surface area contributed by atoms with Gasteiger partial charge in [-0.1, -0.05) is 29.8 Å². The number of hydrogen-bond acceptors (Lipinski definition) is 3. The molecule has 0 radical (unpaired) electrons. The van der Waals surface area contributed by atoms with Crippen LogP contribution in [0.5, 0.6) is 0 Å². The average molecular weight is 333 g/mol. The van der Waals surface area contributed by atoms with E-state index in [0.29, 0.717) is 18.9 Å². The van der Waals surface area contributed by atoms with Crippen LogP contribution in [0.25, 0.3) is 0 Å². The van der Waals surface area contributed by atoms with Gasteiger partial charge in [0.15, 0.2) is 5.82 Å². The van der Waals surface area contributed by atoms with Crippen LogP contribution in [0.2, 0.25) is 5.02 Å². The lowest BCUT2D eigenvalue weighted by Gasteiger charge is -2.38. The molecule has 1 aliphatic heterocycles. The van der Waals surface area contributed by atoms with Gasteiger partial charge >= 0.3 is 0 Å². The van der Waals surface area contributed by atoms with Crippen molar-refractivity contribution in [2.45, 2.75) is 13.0 Å². The fourth-order valence-corrected chi connectivity index (χ4v) is 3.33. The highest BCUT2D eigenvalue weighted by molar-refractivity contribution is 6.31. The largest absolute Gasteiger partial charge is 0.333 e. The summed E-state index contributed by atoms with van der Waals surface area (Å²) in [5.74, 6) is 0.500. The van der Waals surface area contributed by atoms with Crippen LogP contribution in [-0.4, -0.2) is 51.4 Å². The van der Waals surface area contributed by atoms with E-state index >= 15 is 0 Å². The second-order valence-electron chi connectivity index (χ2n) is 5.89. The fourth-order valence-electron chi connectivity index (χ4n) is 3.04. The highest BCUT2D eigenvalue weighted by Crippen LogP contribution is 2.27. The van der Waals surface area contributed by atoms with Crippen LogP contribution in [0.4, 0.5) is 0 Å². The third-order valence-electron chi connectivity index (χ3n) is 4.52. The van der Waals surface area contributed by atoms with Crippen LogP contribution in [0.1, 0.15) is 29.1 Å². The molecule has 0 N–H and O–H groups in total. The van der Waals surface area contributed by atoms with Crippen LogP contribution in [-0.2, 0) is 7.05 Å². The van der Waals surface area contributed by atoms with Crippen molar-refractivity contribution < 1.29 is 4.79 Å². The van der Waals surface area contributed by atoms with Crippen LogP contribution < -0.4 is 0 Å². The standard InChI is InChI=1S/C17H21ClN4O/c1-13(14-5-3-4-6-15(14)18)21-9-11-22(12-10-21)17(23)16-19-7-8-20(16)2/h3-8,13H,9-12H2,1-2H3/t13-/m0/s1. The minimum absolute atomic E-state index is 0.00236. The molecule has 1 aromatic carbocycles. The van der Waals surface area contributed by atoms with E-state index in [0.717, 1.165) is 23.7 Å². The van der Waals surface area contributed by atoms with Gasteiger partial charge < -0.3 is 9.47 Å². The molecule has 0 aliphatic carbocycles. The van der Waals surface area contributed by atoms with E-state index in [1.807, 2.05) is 30.1 Å². The molecule has 6 heteroatoms. The number of amides is 1. The topological polar surface area (TPSA) is 41.4 Å². The molecule has 23 heavy (non-hydrogen) atoms. The van der Waals surface area contributed by atoms with Crippen molar-refractivity contribution in [3.63, 3.8) is 0 Å². The number of carbonyl (C=O) groups is 1. The van der Waals surface area contributed by atoms with E-state index in [1.165, 1.54) is 0 Å². The molecule has 0 saturated carbocycles. The molecule has 0 spiro atoms. The second kappa shape index (κ2) is 6.72. The summed E-state index contributed by atoms with van der Waals surface area (Å²) in [4.78, 5) is 20.9. The number of piperazine rings is 1. The first-order valence-electron chi connectivity index (χ1n) is 7.83. The monoisotopic (exact) mass is 332 g/mol. The van der Waals surface area contributed by atoms with E-state index < -0.39 is 0 Å². The number of nitrogens with zero attached hydrogens (tertiary/aromatic N) is 4. The summed E-state index contributed by atoms with van der Waals surface area (Å²) in [6, 6.07) is 8.20. The van der Waals surface area contributed by atoms with Gasteiger partial charge in [-0.15, -0.1) is 0 Å². The summed E-state index contributed by atoms with van der Waals surface area (Å²) >= 11 is 6.30. The molecule has 122 valence electrons. The zero-order valence-corrected chi connectivity index (χ0v) is 14.2. The Kier molecular flexibility index (Phi) is 4.68. The molecule has 1 aromatic heterocycles. The summed E-state index contributed by atoms with van der Waals surface area (Å²) in [5, 5.41) is 0.798. The second-order valence-corrected chi connectivity index (χ2v) is 6.29. The highest BCUT2D eigenvalue weighted by atomic mass is 35.5. The Morgan fingerprint density at radius 2 is 1.91 bits per heavy atom. The molecule has 2 aromatic rings. The predicted molar refractivity (Wildman–Crippen MR) is 90.6 cm³/mol. The number of aromatic nitrogens is 2. The first-order chi connectivity index (χ1) is 11.1. The number of aryl methyl sites for hydroxylation is 1. The third-order valence-corrected chi connectivity index (χ3v) is 4.86. The zero-order valence-electron chi connectivity index (χ0n) is 13.4. The van der Waals surface area contributed by atoms with Gasteiger partial charge in [0.25, 0.3) is 5.91 Å². The summed E-state index contributed by atoms with van der Waals surface area (Å²) in [6.45, 7) is 5.25. The van der Waals surface area contributed by atoms with Gasteiger partial charge in [-0.2, -0.15) is 0 Å². The summed E-state index contributed by atoms with van der Waals surface area (Å²) in [5.41, 5.74) is 1.14. The smallest absolute Gasteiger partial charge is 0.289 e. The molecular weight excluding hydrogens is 312 g/mol. The Labute approximate surface area is 141 Å². The average Bonchev–Trinajstić information content (AvgIpc) is 3.00. The molecule has 3 rings (SSSR count). The Balaban J connectivity index is 1.63. The van der Waals surface area contributed by atoms with Crippen molar-refractivity contribution in [1.29, 1.82) is 0 Å². The minimum atomic E-state index is 0.00236. The summed E-state index contributed by atoms with van der Waals surface area (Å²) in [6.07, 6.45) is 3.45. The molecular formula is C17H21ClN4O. The Bertz CT molecular complexity index is 691. The maximum atomic E-state index is 12.5. The lowest BCUT2D eigenvalue weighted by molar-refractivity contribution is 0.0567. The number of carbonyl (C=O) groups excluding carboxylic acids is 1. The summed E-state index contributed by atoms with van der Waals surface area (Å²) in [7, 11) is 1.84. The van der Waals surface area contributed by atoms with E-state index in [-0.39, 0.29) is 11.9 Å². The number of rotatable bonds is 3. The molecule has 1 aliphatic rings. The van der Waals surface area contributed by atoms with Crippen molar-refractivity contribution in [3.8, 4) is 0 Å². The van der Waals surface area contributed by atoms with Gasteiger partial charge in [-0.05, 0) is 18.6 Å². The lowest BCUT2D eigenvalue weighted by atomic mass is 10.1. The molecule has 0 unspecified atom stereocenters. The minimum Gasteiger partial charge on any atom is -0.333 e. The summed E-state index contributed by atoms with van der Waals surface area (Å²) < 4.78 is 1.76. The van der Waals surface area contributed by atoms with Crippen molar-refractivity contribution in [2.75, 3.05) is 26.2 Å². The van der Waals surface area contributed by atoms with Crippen molar-refractivity contribution in [2.24, 2.45) is 7.05 Å². The number of hydrogen-bond donors (Lipinski definition) is 0. The fraction of sp³-hybridized carbons (Fsp3) is 0.412. The van der Waals surface area contributed by atoms with Gasteiger partial charge in [0.2, 0.25) is 0 Å². The van der Waals surface area contributed by atoms with E-state index in [4.69, 9.17) is 11.6 Å². The van der Waals surface area contributed by atoms with E-state index in [1.54, 1.807) is 17.0 Å². The van der Waals surface area contributed by atoms with Crippen LogP contribution in [0, 0.1) is 0 Å². The van der Waals surface area contributed by atoms with Gasteiger partial charge in [-0.25, -0.2) is 4.98 Å². The first-order valence-corrected chi connectivity index (χ1v) is 8.21. The highest BCUT2D eigenvalue weighted by Gasteiger charge is 2.27. The third kappa shape index (κ3) is 3.26. The Hall–Kier alpha value is -1.85. The Morgan fingerprint density at radius 3 is 2.52 bits per heavy atom. The molecule has 1 atom stereocenters.